The zero-order valence-corrected chi connectivity index (χ0v) is 8.97. The van der Waals surface area contributed by atoms with Crippen LogP contribution in [0.25, 0.3) is 0 Å². The maximum absolute atomic E-state index is 12.7. The van der Waals surface area contributed by atoms with E-state index in [0.717, 1.165) is 6.92 Å². The van der Waals surface area contributed by atoms with Crippen molar-refractivity contribution in [3.8, 4) is 0 Å². The van der Waals surface area contributed by atoms with Crippen molar-refractivity contribution < 1.29 is 18.1 Å². The summed E-state index contributed by atoms with van der Waals surface area (Å²) in [5, 5.41) is 10.7. The lowest BCUT2D eigenvalue weighted by Gasteiger charge is -2.14. The molecule has 0 bridgehead atoms. The minimum Gasteiger partial charge on any atom is -0.258 e. The third-order valence-electron chi connectivity index (χ3n) is 2.40. The van der Waals surface area contributed by atoms with Crippen molar-refractivity contribution in [3.63, 3.8) is 0 Å². The van der Waals surface area contributed by atoms with E-state index in [0.29, 0.717) is 0 Å². The maximum Gasteiger partial charge on any atom is 0.417 e. The van der Waals surface area contributed by atoms with Crippen molar-refractivity contribution in [1.82, 2.24) is 0 Å². The van der Waals surface area contributed by atoms with Gasteiger partial charge in [0.05, 0.1) is 10.5 Å². The number of hydrogen-bond donors (Lipinski definition) is 0. The number of halogens is 3. The molecule has 0 aliphatic carbocycles. The summed E-state index contributed by atoms with van der Waals surface area (Å²) in [7, 11) is 0. The fourth-order valence-corrected chi connectivity index (χ4v) is 1.89. The van der Waals surface area contributed by atoms with Crippen LogP contribution in [0.1, 0.15) is 22.3 Å². The van der Waals surface area contributed by atoms with Gasteiger partial charge in [0.15, 0.2) is 0 Å². The molecule has 88 valence electrons. The van der Waals surface area contributed by atoms with Gasteiger partial charge in [-0.3, -0.25) is 10.1 Å². The van der Waals surface area contributed by atoms with Crippen LogP contribution in [-0.4, -0.2) is 4.92 Å². The number of benzene rings is 1. The largest absolute Gasteiger partial charge is 0.417 e. The third-order valence-corrected chi connectivity index (χ3v) is 2.40. The van der Waals surface area contributed by atoms with E-state index in [2.05, 4.69) is 0 Å². The highest BCUT2D eigenvalue weighted by Crippen LogP contribution is 2.39. The Balaban J connectivity index is 3.65. The molecule has 1 aromatic carbocycles. The molecule has 0 heterocycles. The second-order valence-corrected chi connectivity index (χ2v) is 3.61. The molecule has 0 saturated heterocycles. The lowest BCUT2D eigenvalue weighted by molar-refractivity contribution is -0.386. The molecule has 0 amide bonds. The van der Waals surface area contributed by atoms with Gasteiger partial charge < -0.3 is 0 Å². The van der Waals surface area contributed by atoms with Gasteiger partial charge >= 0.3 is 6.18 Å². The van der Waals surface area contributed by atoms with Crippen LogP contribution in [0.5, 0.6) is 0 Å². The monoisotopic (exact) mass is 233 g/mol. The van der Waals surface area contributed by atoms with E-state index in [4.69, 9.17) is 0 Å². The molecule has 3 nitrogen and oxygen atoms in total. The lowest BCUT2D eigenvalue weighted by atomic mass is 9.97. The zero-order valence-electron chi connectivity index (χ0n) is 8.97. The van der Waals surface area contributed by atoms with Crippen LogP contribution < -0.4 is 0 Å². The summed E-state index contributed by atoms with van der Waals surface area (Å²) in [6.45, 7) is 3.85. The van der Waals surface area contributed by atoms with Crippen LogP contribution in [0, 0.1) is 30.9 Å². The first kappa shape index (κ1) is 12.5. The van der Waals surface area contributed by atoms with Crippen LogP contribution in [0.2, 0.25) is 0 Å². The summed E-state index contributed by atoms with van der Waals surface area (Å²) >= 11 is 0. The second-order valence-electron chi connectivity index (χ2n) is 3.61. The minimum absolute atomic E-state index is 0.00750. The van der Waals surface area contributed by atoms with E-state index in [1.165, 1.54) is 19.9 Å². The molecule has 6 heteroatoms. The minimum atomic E-state index is -4.56. The van der Waals surface area contributed by atoms with Gasteiger partial charge in [-0.25, -0.2) is 0 Å². The zero-order chi connectivity index (χ0) is 12.7. The van der Waals surface area contributed by atoms with E-state index in [1.54, 1.807) is 0 Å². The summed E-state index contributed by atoms with van der Waals surface area (Å²) in [5.74, 6) is 0. The van der Waals surface area contributed by atoms with Gasteiger partial charge in [-0.05, 0) is 32.4 Å². The van der Waals surface area contributed by atoms with Crippen molar-refractivity contribution in [2.75, 3.05) is 0 Å². The Morgan fingerprint density at radius 2 is 1.69 bits per heavy atom. The maximum atomic E-state index is 12.7. The van der Waals surface area contributed by atoms with Crippen LogP contribution in [0.15, 0.2) is 6.07 Å². The van der Waals surface area contributed by atoms with Gasteiger partial charge in [0.1, 0.15) is 0 Å². The fourth-order valence-electron chi connectivity index (χ4n) is 1.89. The molecule has 0 fully saturated rings. The summed E-state index contributed by atoms with van der Waals surface area (Å²) in [4.78, 5) is 9.89. The van der Waals surface area contributed by atoms with Crippen LogP contribution in [0.4, 0.5) is 18.9 Å². The SMILES string of the molecule is Cc1cc(C)c(C(F)(F)F)c(C)c1[N+](=O)[O-]. The Kier molecular flexibility index (Phi) is 2.94. The van der Waals surface area contributed by atoms with Gasteiger partial charge in [0.25, 0.3) is 5.69 Å². The predicted molar refractivity (Wildman–Crippen MR) is 52.3 cm³/mol. The van der Waals surface area contributed by atoms with E-state index < -0.39 is 22.4 Å². The molecule has 16 heavy (non-hydrogen) atoms. The van der Waals surface area contributed by atoms with Gasteiger partial charge in [-0.1, -0.05) is 0 Å². The molecule has 0 N–H and O–H groups in total. The van der Waals surface area contributed by atoms with E-state index in [-0.39, 0.29) is 16.7 Å². The first-order valence-corrected chi connectivity index (χ1v) is 4.48. The first-order chi connectivity index (χ1) is 7.16. The lowest BCUT2D eigenvalue weighted by Crippen LogP contribution is -2.12. The highest BCUT2D eigenvalue weighted by Gasteiger charge is 2.37. The van der Waals surface area contributed by atoms with E-state index >= 15 is 0 Å². The number of alkyl halides is 3. The van der Waals surface area contributed by atoms with Crippen LogP contribution in [0.3, 0.4) is 0 Å². The first-order valence-electron chi connectivity index (χ1n) is 4.48. The number of aryl methyl sites for hydroxylation is 2. The molecule has 0 atom stereocenters. The quantitative estimate of drug-likeness (QED) is 0.550. The van der Waals surface area contributed by atoms with E-state index in [1.807, 2.05) is 0 Å². The molecular formula is C10H10F3NO2. The van der Waals surface area contributed by atoms with Gasteiger partial charge in [-0.15, -0.1) is 0 Å². The molecule has 0 aliphatic heterocycles. The predicted octanol–water partition coefficient (Wildman–Crippen LogP) is 3.54. The summed E-state index contributed by atoms with van der Waals surface area (Å²) in [5.41, 5.74) is -1.45. The second kappa shape index (κ2) is 3.77. The highest BCUT2D eigenvalue weighted by atomic mass is 19.4. The number of nitrogens with zero attached hydrogens (tertiary/aromatic N) is 1. The van der Waals surface area contributed by atoms with Gasteiger partial charge in [-0.2, -0.15) is 13.2 Å². The van der Waals surface area contributed by atoms with Crippen molar-refractivity contribution >= 4 is 5.69 Å². The Bertz CT molecular complexity index is 452. The topological polar surface area (TPSA) is 43.1 Å². The average Bonchev–Trinajstić information content (AvgIpc) is 1.97. The molecule has 1 rings (SSSR count). The van der Waals surface area contributed by atoms with Gasteiger partial charge in [0.2, 0.25) is 0 Å². The smallest absolute Gasteiger partial charge is 0.258 e. The third kappa shape index (κ3) is 2.00. The molecule has 0 radical (unpaired) electrons. The number of nitro benzene ring substituents is 1. The molecule has 1 aromatic rings. The average molecular weight is 233 g/mol. The van der Waals surface area contributed by atoms with Crippen LogP contribution in [-0.2, 0) is 6.18 Å². The number of rotatable bonds is 1. The molecule has 0 aliphatic rings. The summed E-state index contributed by atoms with van der Waals surface area (Å²) in [6, 6.07) is 1.19. The Morgan fingerprint density at radius 1 is 1.19 bits per heavy atom. The normalized spacial score (nSPS) is 11.6. The Morgan fingerprint density at radius 3 is 2.06 bits per heavy atom. The molecule has 0 spiro atoms. The fraction of sp³-hybridized carbons (Fsp3) is 0.400. The summed E-state index contributed by atoms with van der Waals surface area (Å²) < 4.78 is 38.0. The summed E-state index contributed by atoms with van der Waals surface area (Å²) in [6.07, 6.45) is -4.56. The van der Waals surface area contributed by atoms with E-state index in [9.17, 15) is 23.3 Å². The Labute approximate surface area is 90.0 Å². The van der Waals surface area contributed by atoms with Crippen molar-refractivity contribution in [3.05, 3.63) is 38.4 Å². The Hall–Kier alpha value is -1.59. The molecule has 0 saturated carbocycles. The van der Waals surface area contributed by atoms with Crippen LogP contribution >= 0.6 is 0 Å². The number of hydrogen-bond acceptors (Lipinski definition) is 2. The van der Waals surface area contributed by atoms with Crippen molar-refractivity contribution in [2.45, 2.75) is 26.9 Å². The molecular weight excluding hydrogens is 223 g/mol. The van der Waals surface area contributed by atoms with Crippen molar-refractivity contribution in [2.24, 2.45) is 0 Å². The molecule has 0 unspecified atom stereocenters. The molecule has 0 aromatic heterocycles. The van der Waals surface area contributed by atoms with Gasteiger partial charge in [0, 0.05) is 11.1 Å². The van der Waals surface area contributed by atoms with Crippen molar-refractivity contribution in [1.29, 1.82) is 0 Å². The standard InChI is InChI=1S/C10H10F3NO2/c1-5-4-6(2)9(14(15)16)7(3)8(5)10(11,12)13/h4H,1-3H3. The number of nitro groups is 1. The highest BCUT2D eigenvalue weighted by molar-refractivity contribution is 5.54.